The van der Waals surface area contributed by atoms with Crippen molar-refractivity contribution in [3.8, 4) is 0 Å². The van der Waals surface area contributed by atoms with Crippen molar-refractivity contribution in [2.24, 2.45) is 5.73 Å². The van der Waals surface area contributed by atoms with Crippen LogP contribution in [-0.4, -0.2) is 4.98 Å². The summed E-state index contributed by atoms with van der Waals surface area (Å²) in [5.74, 6) is 0. The molecule has 3 rings (SSSR count). The summed E-state index contributed by atoms with van der Waals surface area (Å²) in [6, 6.07) is 11.5. The van der Waals surface area contributed by atoms with Gasteiger partial charge in [0.15, 0.2) is 0 Å². The van der Waals surface area contributed by atoms with Crippen LogP contribution in [0.15, 0.2) is 40.9 Å². The van der Waals surface area contributed by atoms with Crippen LogP contribution in [0, 0.1) is 6.92 Å². The van der Waals surface area contributed by atoms with E-state index in [1.54, 1.807) is 6.07 Å². The van der Waals surface area contributed by atoms with E-state index in [1.807, 2.05) is 18.2 Å². The van der Waals surface area contributed by atoms with E-state index < -0.39 is 0 Å². The molecular weight excluding hydrogens is 383 g/mol. The Labute approximate surface area is 147 Å². The monoisotopic (exact) mass is 396 g/mol. The summed E-state index contributed by atoms with van der Waals surface area (Å²) >= 11 is 15.7. The summed E-state index contributed by atoms with van der Waals surface area (Å²) < 4.78 is 1.06. The topological polar surface area (TPSA) is 41.8 Å². The van der Waals surface area contributed by atoms with Crippen LogP contribution in [0.5, 0.6) is 0 Å². The van der Waals surface area contributed by atoms with Crippen LogP contribution in [0.1, 0.15) is 22.9 Å². The van der Waals surface area contributed by atoms with Crippen LogP contribution >= 0.6 is 39.1 Å². The average Bonchev–Trinajstić information content (AvgIpc) is 2.74. The first-order chi connectivity index (χ1) is 10.4. The number of fused-ring (bicyclic) bond motifs is 1. The molecule has 1 atom stereocenters. The van der Waals surface area contributed by atoms with Crippen LogP contribution in [0.25, 0.3) is 10.9 Å². The number of aromatic amines is 1. The van der Waals surface area contributed by atoms with Gasteiger partial charge in [0, 0.05) is 37.2 Å². The lowest BCUT2D eigenvalue weighted by atomic mass is 9.98. The number of halogens is 3. The fourth-order valence-corrected chi connectivity index (χ4v) is 3.65. The molecule has 0 aliphatic carbocycles. The first-order valence-electron chi connectivity index (χ1n) is 6.92. The van der Waals surface area contributed by atoms with Gasteiger partial charge in [-0.3, -0.25) is 0 Å². The molecule has 0 radical (unpaired) electrons. The van der Waals surface area contributed by atoms with Crippen LogP contribution in [-0.2, 0) is 6.42 Å². The van der Waals surface area contributed by atoms with Crippen molar-refractivity contribution in [2.75, 3.05) is 0 Å². The molecule has 0 spiro atoms. The Kier molecular flexibility index (Phi) is 4.51. The maximum atomic E-state index is 6.38. The van der Waals surface area contributed by atoms with E-state index in [1.165, 1.54) is 10.9 Å². The molecule has 0 bridgehead atoms. The lowest BCUT2D eigenvalue weighted by Crippen LogP contribution is -2.13. The fraction of sp³-hybridized carbons (Fsp3) is 0.176. The van der Waals surface area contributed by atoms with Crippen molar-refractivity contribution >= 4 is 50.0 Å². The Bertz CT molecular complexity index is 822. The van der Waals surface area contributed by atoms with Crippen LogP contribution in [0.4, 0.5) is 0 Å². The highest BCUT2D eigenvalue weighted by Gasteiger charge is 2.15. The zero-order valence-electron chi connectivity index (χ0n) is 12.0. The second-order valence-electron chi connectivity index (χ2n) is 5.43. The lowest BCUT2D eigenvalue weighted by molar-refractivity contribution is 0.722. The molecular formula is C17H15BrCl2N2. The summed E-state index contributed by atoms with van der Waals surface area (Å²) in [5.41, 5.74) is 10.8. The van der Waals surface area contributed by atoms with Crippen molar-refractivity contribution in [1.82, 2.24) is 4.98 Å². The molecule has 1 unspecified atom stereocenters. The van der Waals surface area contributed by atoms with Gasteiger partial charge in [0.25, 0.3) is 0 Å². The van der Waals surface area contributed by atoms with Crippen molar-refractivity contribution in [3.05, 3.63) is 67.7 Å². The van der Waals surface area contributed by atoms with Gasteiger partial charge in [-0.1, -0.05) is 39.1 Å². The number of H-pyrrole nitrogens is 1. The van der Waals surface area contributed by atoms with Gasteiger partial charge in [-0.05, 0) is 60.9 Å². The minimum Gasteiger partial charge on any atom is -0.358 e. The summed E-state index contributed by atoms with van der Waals surface area (Å²) in [7, 11) is 0. The largest absolute Gasteiger partial charge is 0.358 e. The molecule has 3 N–H and O–H groups in total. The van der Waals surface area contributed by atoms with Crippen LogP contribution in [0.2, 0.25) is 10.0 Å². The second-order valence-corrected chi connectivity index (χ2v) is 7.22. The second kappa shape index (κ2) is 6.25. The number of nitrogens with two attached hydrogens (primary N) is 1. The molecule has 0 fully saturated rings. The third-order valence-corrected chi connectivity index (χ3v) is 4.75. The molecule has 0 saturated carbocycles. The molecule has 3 aromatic rings. The molecule has 0 aliphatic heterocycles. The number of aromatic nitrogens is 1. The summed E-state index contributed by atoms with van der Waals surface area (Å²) in [6.45, 7) is 2.07. The van der Waals surface area contributed by atoms with E-state index in [9.17, 15) is 0 Å². The van der Waals surface area contributed by atoms with Gasteiger partial charge in [-0.25, -0.2) is 0 Å². The minimum absolute atomic E-state index is 0.159. The van der Waals surface area contributed by atoms with Gasteiger partial charge in [0.1, 0.15) is 0 Å². The third kappa shape index (κ3) is 3.18. The smallest absolute Gasteiger partial charge is 0.0459 e. The molecule has 1 heterocycles. The van der Waals surface area contributed by atoms with Gasteiger partial charge < -0.3 is 10.7 Å². The highest BCUT2D eigenvalue weighted by atomic mass is 79.9. The van der Waals surface area contributed by atoms with Gasteiger partial charge in [-0.15, -0.1) is 0 Å². The maximum Gasteiger partial charge on any atom is 0.0459 e. The minimum atomic E-state index is -0.159. The van der Waals surface area contributed by atoms with E-state index in [0.29, 0.717) is 10.0 Å². The molecule has 0 saturated heterocycles. The lowest BCUT2D eigenvalue weighted by Gasteiger charge is -2.13. The van der Waals surface area contributed by atoms with Crippen molar-refractivity contribution in [3.63, 3.8) is 0 Å². The maximum absolute atomic E-state index is 6.38. The number of rotatable bonds is 3. The Balaban J connectivity index is 1.98. The van der Waals surface area contributed by atoms with E-state index in [0.717, 1.165) is 27.7 Å². The standard InChI is InChI=1S/C17H15BrCl2N2/c1-9-14(15-6-11(18)2-3-17(15)22-9)8-16(21)10-4-12(19)7-13(20)5-10/h2-7,16,22H,8,21H2,1H3. The number of nitrogens with one attached hydrogen (secondary N) is 1. The zero-order valence-corrected chi connectivity index (χ0v) is 15.1. The average molecular weight is 398 g/mol. The summed E-state index contributed by atoms with van der Waals surface area (Å²) in [6.07, 6.45) is 0.721. The molecule has 22 heavy (non-hydrogen) atoms. The highest BCUT2D eigenvalue weighted by molar-refractivity contribution is 9.10. The quantitative estimate of drug-likeness (QED) is 0.577. The normalized spacial score (nSPS) is 12.8. The summed E-state index contributed by atoms with van der Waals surface area (Å²) in [5, 5.41) is 2.41. The molecule has 1 aromatic heterocycles. The van der Waals surface area contributed by atoms with E-state index >= 15 is 0 Å². The molecule has 5 heteroatoms. The van der Waals surface area contributed by atoms with Crippen molar-refractivity contribution < 1.29 is 0 Å². The Hall–Kier alpha value is -1.000. The fourth-order valence-electron chi connectivity index (χ4n) is 2.74. The van der Waals surface area contributed by atoms with Crippen molar-refractivity contribution in [2.45, 2.75) is 19.4 Å². The SMILES string of the molecule is Cc1[nH]c2ccc(Br)cc2c1CC(N)c1cc(Cl)cc(Cl)c1. The predicted molar refractivity (Wildman–Crippen MR) is 97.8 cm³/mol. The number of hydrogen-bond donors (Lipinski definition) is 2. The first kappa shape index (κ1) is 15.9. The van der Waals surface area contributed by atoms with Gasteiger partial charge in [0.05, 0.1) is 0 Å². The molecule has 2 nitrogen and oxygen atoms in total. The number of aryl methyl sites for hydroxylation is 1. The molecule has 2 aromatic carbocycles. The van der Waals surface area contributed by atoms with Crippen molar-refractivity contribution in [1.29, 1.82) is 0 Å². The molecule has 114 valence electrons. The molecule has 0 amide bonds. The van der Waals surface area contributed by atoms with E-state index in [4.69, 9.17) is 28.9 Å². The van der Waals surface area contributed by atoms with Crippen LogP contribution in [0.3, 0.4) is 0 Å². The predicted octanol–water partition coefficient (Wildman–Crippen LogP) is 5.79. The Morgan fingerprint density at radius 2 is 1.82 bits per heavy atom. The third-order valence-electron chi connectivity index (χ3n) is 3.82. The zero-order chi connectivity index (χ0) is 15.9. The Morgan fingerprint density at radius 1 is 1.14 bits per heavy atom. The first-order valence-corrected chi connectivity index (χ1v) is 8.47. The molecule has 0 aliphatic rings. The number of hydrogen-bond acceptors (Lipinski definition) is 1. The summed E-state index contributed by atoms with van der Waals surface area (Å²) in [4.78, 5) is 3.41. The van der Waals surface area contributed by atoms with E-state index in [-0.39, 0.29) is 6.04 Å². The van der Waals surface area contributed by atoms with Crippen LogP contribution < -0.4 is 5.73 Å². The van der Waals surface area contributed by atoms with E-state index in [2.05, 4.69) is 40.0 Å². The van der Waals surface area contributed by atoms with Gasteiger partial charge in [-0.2, -0.15) is 0 Å². The number of benzene rings is 2. The van der Waals surface area contributed by atoms with Gasteiger partial charge in [0.2, 0.25) is 0 Å². The highest BCUT2D eigenvalue weighted by Crippen LogP contribution is 2.30. The van der Waals surface area contributed by atoms with Gasteiger partial charge >= 0.3 is 0 Å². The Morgan fingerprint density at radius 3 is 2.50 bits per heavy atom.